The van der Waals surface area contributed by atoms with Crippen LogP contribution in [-0.4, -0.2) is 13.0 Å². The van der Waals surface area contributed by atoms with Gasteiger partial charge in [0.15, 0.2) is 0 Å². The Hall–Kier alpha value is -2.60. The van der Waals surface area contributed by atoms with Gasteiger partial charge in [-0.1, -0.05) is 36.4 Å². The zero-order valence-corrected chi connectivity index (χ0v) is 10.7. The number of nitriles is 1. The lowest BCUT2D eigenvalue weighted by Gasteiger charge is -2.18. The quantitative estimate of drug-likeness (QED) is 0.840. The lowest BCUT2D eigenvalue weighted by molar-refractivity contribution is 0.0992. The zero-order valence-electron chi connectivity index (χ0n) is 10.7. The molecule has 3 nitrogen and oxygen atoms in total. The molecular weight excluding hydrogens is 236 g/mol. The minimum atomic E-state index is -0.1000. The van der Waals surface area contributed by atoms with Gasteiger partial charge in [0.25, 0.3) is 5.91 Å². The fraction of sp³-hybridized carbons (Fsp3) is 0.125. The van der Waals surface area contributed by atoms with Crippen LogP contribution in [0.4, 0.5) is 5.69 Å². The molecule has 0 radical (unpaired) electrons. The van der Waals surface area contributed by atoms with Gasteiger partial charge in [0.2, 0.25) is 0 Å². The molecule has 1 amide bonds. The van der Waals surface area contributed by atoms with Gasteiger partial charge < -0.3 is 4.90 Å². The van der Waals surface area contributed by atoms with Crippen molar-refractivity contribution in [3.8, 4) is 6.07 Å². The Morgan fingerprint density at radius 2 is 1.74 bits per heavy atom. The van der Waals surface area contributed by atoms with Crippen molar-refractivity contribution in [2.24, 2.45) is 0 Å². The Labute approximate surface area is 112 Å². The predicted molar refractivity (Wildman–Crippen MR) is 74.9 cm³/mol. The molecule has 0 saturated heterocycles. The lowest BCUT2D eigenvalue weighted by atomic mass is 10.0. The van der Waals surface area contributed by atoms with Crippen molar-refractivity contribution >= 4 is 11.6 Å². The first-order valence-electron chi connectivity index (χ1n) is 6.02. The summed E-state index contributed by atoms with van der Waals surface area (Å²) in [4.78, 5) is 14.1. The van der Waals surface area contributed by atoms with Crippen LogP contribution in [0.25, 0.3) is 0 Å². The molecule has 94 valence electrons. The molecule has 2 aromatic rings. The van der Waals surface area contributed by atoms with Crippen molar-refractivity contribution in [1.29, 1.82) is 5.26 Å². The van der Waals surface area contributed by atoms with Gasteiger partial charge in [-0.3, -0.25) is 4.79 Å². The first-order valence-corrected chi connectivity index (χ1v) is 6.02. The molecule has 0 unspecified atom stereocenters. The number of carbonyl (C=O) groups excluding carboxylic acids is 1. The average Bonchev–Trinajstić information content (AvgIpc) is 2.47. The van der Waals surface area contributed by atoms with Gasteiger partial charge in [0.05, 0.1) is 12.5 Å². The fourth-order valence-electron chi connectivity index (χ4n) is 1.92. The largest absolute Gasteiger partial charge is 0.311 e. The van der Waals surface area contributed by atoms with E-state index in [9.17, 15) is 4.79 Å². The second-order valence-corrected chi connectivity index (χ2v) is 4.19. The molecule has 0 aliphatic carbocycles. The minimum Gasteiger partial charge on any atom is -0.311 e. The SMILES string of the molecule is CN(C(=O)c1ccccc1CC#N)c1ccccc1. The molecule has 0 saturated carbocycles. The van der Waals surface area contributed by atoms with Gasteiger partial charge in [0.1, 0.15) is 0 Å². The van der Waals surface area contributed by atoms with Crippen molar-refractivity contribution in [2.75, 3.05) is 11.9 Å². The van der Waals surface area contributed by atoms with Crippen molar-refractivity contribution < 1.29 is 4.79 Å². The number of rotatable bonds is 3. The number of hydrogen-bond donors (Lipinski definition) is 0. The molecule has 3 heteroatoms. The van der Waals surface area contributed by atoms with Gasteiger partial charge in [-0.2, -0.15) is 5.26 Å². The summed E-state index contributed by atoms with van der Waals surface area (Å²) in [5.74, 6) is -0.1000. The summed E-state index contributed by atoms with van der Waals surface area (Å²) in [5.41, 5.74) is 2.17. The van der Waals surface area contributed by atoms with Crippen LogP contribution in [-0.2, 0) is 6.42 Å². The van der Waals surface area contributed by atoms with E-state index in [1.54, 1.807) is 18.0 Å². The van der Waals surface area contributed by atoms with Gasteiger partial charge in [-0.25, -0.2) is 0 Å². The number of amides is 1. The number of carbonyl (C=O) groups is 1. The van der Waals surface area contributed by atoms with E-state index >= 15 is 0 Å². The fourth-order valence-corrected chi connectivity index (χ4v) is 1.92. The number of anilines is 1. The highest BCUT2D eigenvalue weighted by molar-refractivity contribution is 6.06. The molecule has 0 aromatic heterocycles. The van der Waals surface area contributed by atoms with Crippen LogP contribution in [0.15, 0.2) is 54.6 Å². The van der Waals surface area contributed by atoms with Crippen LogP contribution < -0.4 is 4.90 Å². The summed E-state index contributed by atoms with van der Waals surface area (Å²) in [7, 11) is 1.74. The summed E-state index contributed by atoms with van der Waals surface area (Å²) in [5, 5.41) is 8.81. The lowest BCUT2D eigenvalue weighted by Crippen LogP contribution is -2.27. The monoisotopic (exact) mass is 250 g/mol. The number of benzene rings is 2. The van der Waals surface area contributed by atoms with Crippen LogP contribution in [0.2, 0.25) is 0 Å². The first-order chi connectivity index (χ1) is 9.24. The summed E-state index contributed by atoms with van der Waals surface area (Å²) in [6.07, 6.45) is 0.241. The molecule has 0 aliphatic heterocycles. The molecule has 19 heavy (non-hydrogen) atoms. The minimum absolute atomic E-state index is 0.1000. The van der Waals surface area contributed by atoms with Crippen LogP contribution in [0.5, 0.6) is 0 Å². The molecule has 2 rings (SSSR count). The third-order valence-corrected chi connectivity index (χ3v) is 2.97. The van der Waals surface area contributed by atoms with E-state index in [-0.39, 0.29) is 12.3 Å². The molecule has 0 heterocycles. The van der Waals surface area contributed by atoms with Crippen molar-refractivity contribution in [3.63, 3.8) is 0 Å². The average molecular weight is 250 g/mol. The van der Waals surface area contributed by atoms with Crippen LogP contribution in [0.3, 0.4) is 0 Å². The number of para-hydroxylation sites is 1. The van der Waals surface area contributed by atoms with E-state index in [1.807, 2.05) is 48.5 Å². The summed E-state index contributed by atoms with van der Waals surface area (Å²) in [6.45, 7) is 0. The molecule has 0 fully saturated rings. The Morgan fingerprint density at radius 1 is 1.11 bits per heavy atom. The van der Waals surface area contributed by atoms with E-state index < -0.39 is 0 Å². The van der Waals surface area contributed by atoms with Crippen LogP contribution in [0, 0.1) is 11.3 Å². The predicted octanol–water partition coefficient (Wildman–Crippen LogP) is 3.03. The zero-order chi connectivity index (χ0) is 13.7. The maximum Gasteiger partial charge on any atom is 0.258 e. The van der Waals surface area contributed by atoms with Crippen LogP contribution in [0.1, 0.15) is 15.9 Å². The molecule has 0 spiro atoms. The van der Waals surface area contributed by atoms with E-state index in [0.29, 0.717) is 5.56 Å². The second-order valence-electron chi connectivity index (χ2n) is 4.19. The standard InChI is InChI=1S/C16H14N2O/c1-18(14-8-3-2-4-9-14)16(19)15-10-6-5-7-13(15)11-12-17/h2-10H,11H2,1H3. The Kier molecular flexibility index (Phi) is 3.94. The molecule has 2 aromatic carbocycles. The van der Waals surface area contributed by atoms with Crippen molar-refractivity contribution in [1.82, 2.24) is 0 Å². The highest BCUT2D eigenvalue weighted by atomic mass is 16.2. The topological polar surface area (TPSA) is 44.1 Å². The Balaban J connectivity index is 2.32. The third kappa shape index (κ3) is 2.80. The highest BCUT2D eigenvalue weighted by Gasteiger charge is 2.16. The number of nitrogens with zero attached hydrogens (tertiary/aromatic N) is 2. The van der Waals surface area contributed by atoms with Crippen LogP contribution >= 0.6 is 0 Å². The molecule has 0 aliphatic rings. The maximum absolute atomic E-state index is 12.5. The smallest absolute Gasteiger partial charge is 0.258 e. The summed E-state index contributed by atoms with van der Waals surface area (Å²) >= 11 is 0. The summed E-state index contributed by atoms with van der Waals surface area (Å²) < 4.78 is 0. The highest BCUT2D eigenvalue weighted by Crippen LogP contribution is 2.17. The van der Waals surface area contributed by atoms with E-state index in [0.717, 1.165) is 11.3 Å². The van der Waals surface area contributed by atoms with Gasteiger partial charge in [-0.15, -0.1) is 0 Å². The molecule has 0 atom stereocenters. The first kappa shape index (κ1) is 12.8. The van der Waals surface area contributed by atoms with Gasteiger partial charge in [0, 0.05) is 18.3 Å². The van der Waals surface area contributed by atoms with Gasteiger partial charge in [-0.05, 0) is 23.8 Å². The van der Waals surface area contributed by atoms with E-state index in [4.69, 9.17) is 5.26 Å². The normalized spacial score (nSPS) is 9.68. The van der Waals surface area contributed by atoms with E-state index in [2.05, 4.69) is 6.07 Å². The van der Waals surface area contributed by atoms with Crippen molar-refractivity contribution in [3.05, 3.63) is 65.7 Å². The summed E-state index contributed by atoms with van der Waals surface area (Å²) in [6, 6.07) is 18.8. The van der Waals surface area contributed by atoms with E-state index in [1.165, 1.54) is 0 Å². The number of hydrogen-bond acceptors (Lipinski definition) is 2. The Morgan fingerprint density at radius 3 is 2.42 bits per heavy atom. The molecule has 0 bridgehead atoms. The Bertz CT molecular complexity index is 614. The molecule has 0 N–H and O–H groups in total. The van der Waals surface area contributed by atoms with Crippen molar-refractivity contribution in [2.45, 2.75) is 6.42 Å². The maximum atomic E-state index is 12.5. The van der Waals surface area contributed by atoms with Gasteiger partial charge >= 0.3 is 0 Å². The third-order valence-electron chi connectivity index (χ3n) is 2.97. The second kappa shape index (κ2) is 5.83. The molecular formula is C16H14N2O.